The van der Waals surface area contributed by atoms with E-state index in [0.29, 0.717) is 25.7 Å². The third kappa shape index (κ3) is 8.39. The molecule has 154 valence electrons. The van der Waals surface area contributed by atoms with Crippen molar-refractivity contribution in [1.82, 2.24) is 0 Å². The van der Waals surface area contributed by atoms with Crippen LogP contribution in [-0.2, 0) is 68.0 Å². The van der Waals surface area contributed by atoms with Crippen LogP contribution < -0.4 is 0 Å². The normalized spacial score (nSPS) is 34.0. The van der Waals surface area contributed by atoms with Crippen LogP contribution in [0.2, 0.25) is 0 Å². The third-order valence-electron chi connectivity index (χ3n) is 6.06. The number of allylic oxidation sites excluding steroid dienone is 2. The molecule has 3 N–H and O–H groups in total. The molecule has 7 heteroatoms. The number of ketones is 1. The maximum atomic E-state index is 12.3. The van der Waals surface area contributed by atoms with E-state index in [0.717, 1.165) is 12.8 Å². The Morgan fingerprint density at radius 1 is 0.963 bits per heavy atom. The second-order valence-electron chi connectivity index (χ2n) is 8.17. The van der Waals surface area contributed by atoms with Crippen LogP contribution in [0.4, 0.5) is 0 Å². The maximum Gasteiger partial charge on any atom is 0.158 e. The van der Waals surface area contributed by atoms with Gasteiger partial charge in [0, 0.05) is 81.5 Å². The summed E-state index contributed by atoms with van der Waals surface area (Å²) < 4.78 is 0. The van der Waals surface area contributed by atoms with Crippen LogP contribution >= 0.6 is 0 Å². The van der Waals surface area contributed by atoms with Gasteiger partial charge in [0.2, 0.25) is 0 Å². The molecule has 0 radical (unpaired) electrons. The fourth-order valence-electron chi connectivity index (χ4n) is 4.07. The molecule has 4 atom stereocenters. The van der Waals surface area contributed by atoms with Crippen LogP contribution in [0.5, 0.6) is 0 Å². The second kappa shape index (κ2) is 13.4. The van der Waals surface area contributed by atoms with Gasteiger partial charge in [-0.25, -0.2) is 0 Å². The molecule has 0 bridgehead atoms. The zero-order chi connectivity index (χ0) is 17.9. The van der Waals surface area contributed by atoms with Gasteiger partial charge in [0.05, 0.1) is 18.3 Å². The van der Waals surface area contributed by atoms with Crippen molar-refractivity contribution in [3.63, 3.8) is 0 Å². The Bertz CT molecular complexity index is 488. The molecule has 0 amide bonds. The van der Waals surface area contributed by atoms with Crippen LogP contribution in [0.3, 0.4) is 0 Å². The molecule has 2 saturated carbocycles. The van der Waals surface area contributed by atoms with Gasteiger partial charge < -0.3 is 15.3 Å². The summed E-state index contributed by atoms with van der Waals surface area (Å²) in [4.78, 5) is 12.3. The Kier molecular flexibility index (Phi) is 15.0. The molecule has 0 aromatic heterocycles. The fraction of sp³-hybridized carbons (Fsp3) is 0.750. The minimum absolute atomic E-state index is 0. The maximum absolute atomic E-state index is 12.3. The van der Waals surface area contributed by atoms with Crippen LogP contribution in [0.1, 0.15) is 52.4 Å². The Morgan fingerprint density at radius 2 is 1.52 bits per heavy atom. The van der Waals surface area contributed by atoms with E-state index in [9.17, 15) is 20.1 Å². The largest absolute Gasteiger partial charge is 0.393 e. The average molecular weight is 888 g/mol. The zero-order valence-corrected chi connectivity index (χ0v) is 24.9. The predicted octanol–water partition coefficient (Wildman–Crippen LogP) is 2.62. The summed E-state index contributed by atoms with van der Waals surface area (Å²) in [5, 5.41) is 30.1. The van der Waals surface area contributed by atoms with Crippen molar-refractivity contribution in [3.05, 3.63) is 24.8 Å². The Hall–Kier alpha value is 1.09. The van der Waals surface area contributed by atoms with E-state index < -0.39 is 12.2 Å². The minimum Gasteiger partial charge on any atom is -0.393 e. The van der Waals surface area contributed by atoms with Crippen molar-refractivity contribution in [1.29, 1.82) is 0 Å². The predicted molar refractivity (Wildman–Crippen MR) is 94.3 cm³/mol. The van der Waals surface area contributed by atoms with Crippen LogP contribution in [-0.4, -0.2) is 39.4 Å². The van der Waals surface area contributed by atoms with E-state index in [1.54, 1.807) is 6.08 Å². The first-order valence-electron chi connectivity index (χ1n) is 9.14. The van der Waals surface area contributed by atoms with E-state index >= 15 is 0 Å². The quantitative estimate of drug-likeness (QED) is 0.294. The number of aliphatic hydroxyl groups excluding tert-OH is 3. The van der Waals surface area contributed by atoms with Crippen molar-refractivity contribution in [3.8, 4) is 0 Å². The number of carbonyl (C=O) groups is 1. The first-order chi connectivity index (χ1) is 11.2. The molecule has 0 heterocycles. The molecule has 2 fully saturated rings. The monoisotopic (exact) mass is 888 g/mol. The summed E-state index contributed by atoms with van der Waals surface area (Å²) in [6.45, 7) is 7.95. The molecule has 4 nitrogen and oxygen atoms in total. The summed E-state index contributed by atoms with van der Waals surface area (Å²) in [5.41, 5.74) is -0.213. The molecular formula is C20H32O4W3. The zero-order valence-electron chi connectivity index (χ0n) is 16.1. The summed E-state index contributed by atoms with van der Waals surface area (Å²) >= 11 is 0. The van der Waals surface area contributed by atoms with Crippen LogP contribution in [0, 0.1) is 23.2 Å². The smallest absolute Gasteiger partial charge is 0.158 e. The molecular weight excluding hydrogens is 856 g/mol. The number of hydrogen-bond donors (Lipinski definition) is 3. The van der Waals surface area contributed by atoms with Crippen molar-refractivity contribution in [2.75, 3.05) is 0 Å². The summed E-state index contributed by atoms with van der Waals surface area (Å²) in [6, 6.07) is 0. The summed E-state index contributed by atoms with van der Waals surface area (Å²) in [5.74, 6) is -0.000116. The van der Waals surface area contributed by atoms with Gasteiger partial charge in [0.1, 0.15) is 0 Å². The molecule has 0 aromatic rings. The van der Waals surface area contributed by atoms with E-state index in [-0.39, 0.29) is 98.3 Å². The molecule has 0 aliphatic heterocycles. The number of hydrogen-bond acceptors (Lipinski definition) is 4. The molecule has 0 saturated heterocycles. The minimum atomic E-state index is -0.617. The van der Waals surface area contributed by atoms with E-state index in [4.69, 9.17) is 0 Å². The summed E-state index contributed by atoms with van der Waals surface area (Å²) in [6.07, 6.45) is 7.72. The fourth-order valence-corrected chi connectivity index (χ4v) is 4.07. The molecule has 0 spiro atoms. The second-order valence-corrected chi connectivity index (χ2v) is 8.17. The molecule has 0 aromatic carbocycles. The van der Waals surface area contributed by atoms with E-state index in [2.05, 4.69) is 6.58 Å². The third-order valence-corrected chi connectivity index (χ3v) is 6.06. The van der Waals surface area contributed by atoms with Gasteiger partial charge in [-0.1, -0.05) is 26.0 Å². The van der Waals surface area contributed by atoms with Gasteiger partial charge >= 0.3 is 0 Å². The van der Waals surface area contributed by atoms with Gasteiger partial charge in [0.25, 0.3) is 0 Å². The van der Waals surface area contributed by atoms with Crippen molar-refractivity contribution < 1.29 is 83.3 Å². The van der Waals surface area contributed by atoms with Gasteiger partial charge in [-0.05, 0) is 49.5 Å². The Balaban J connectivity index is 0. The van der Waals surface area contributed by atoms with Gasteiger partial charge in [-0.15, -0.1) is 6.58 Å². The molecule has 27 heavy (non-hydrogen) atoms. The van der Waals surface area contributed by atoms with Crippen molar-refractivity contribution in [2.45, 2.75) is 70.7 Å². The number of aliphatic hydroxyl groups is 3. The number of carbonyl (C=O) groups excluding carboxylic acids is 1. The van der Waals surface area contributed by atoms with Crippen molar-refractivity contribution in [2.24, 2.45) is 23.2 Å². The van der Waals surface area contributed by atoms with E-state index in [1.807, 2.05) is 26.0 Å². The summed E-state index contributed by atoms with van der Waals surface area (Å²) in [7, 11) is 0. The standard InChI is InChI=1S/C20H32O4.3W/c1-4-20(2,3)16-11-14(18(23)12-19(16)24)7-10-17(22)13-5-8-15(21)9-6-13;;;/h4,7,10,13-16,18-19,21,23-24H,1,5-6,8-9,11-12H2,2-3H3;;;/b10-7+;;;. The van der Waals surface area contributed by atoms with Crippen LogP contribution in [0.15, 0.2) is 24.8 Å². The van der Waals surface area contributed by atoms with Gasteiger partial charge in [0.15, 0.2) is 5.78 Å². The van der Waals surface area contributed by atoms with Gasteiger partial charge in [-0.3, -0.25) is 4.79 Å². The molecule has 2 aliphatic carbocycles. The topological polar surface area (TPSA) is 77.8 Å². The first kappa shape index (κ1) is 30.3. The SMILES string of the molecule is C=CC(C)(C)C1CC(/C=C/C(=O)C2CCC(O)CC2)C(O)CC1O.[W].[W].[W]. The van der Waals surface area contributed by atoms with Crippen molar-refractivity contribution >= 4 is 5.78 Å². The van der Waals surface area contributed by atoms with Gasteiger partial charge in [-0.2, -0.15) is 0 Å². The Morgan fingerprint density at radius 3 is 2.04 bits per heavy atom. The number of rotatable bonds is 5. The molecule has 2 rings (SSSR count). The molecule has 2 aliphatic rings. The Labute approximate surface area is 206 Å². The van der Waals surface area contributed by atoms with E-state index in [1.165, 1.54) is 0 Å². The van der Waals surface area contributed by atoms with Crippen LogP contribution in [0.25, 0.3) is 0 Å². The molecule has 4 unspecified atom stereocenters. The average Bonchev–Trinajstić information content (AvgIpc) is 2.54. The first-order valence-corrected chi connectivity index (χ1v) is 9.14.